The number of carbonyl (C=O) groups excluding carboxylic acids is 1. The number of H-pyrrole nitrogens is 1. The summed E-state index contributed by atoms with van der Waals surface area (Å²) in [5.41, 5.74) is 3.05. The predicted octanol–water partition coefficient (Wildman–Crippen LogP) is 5.21. The first-order valence-electron chi connectivity index (χ1n) is 11.6. The minimum absolute atomic E-state index is 0.0496. The van der Waals surface area contributed by atoms with Crippen LogP contribution in [-0.2, 0) is 9.59 Å². The minimum Gasteiger partial charge on any atom is -0.508 e. The third kappa shape index (κ3) is 4.90. The molecule has 1 atom stereocenters. The Balaban J connectivity index is 1.70. The van der Waals surface area contributed by atoms with E-state index < -0.39 is 17.9 Å². The van der Waals surface area contributed by atoms with Crippen LogP contribution in [0, 0.1) is 0 Å². The van der Waals surface area contributed by atoms with Crippen molar-refractivity contribution >= 4 is 44.4 Å². The lowest BCUT2D eigenvalue weighted by atomic mass is 9.91. The number of hydrazone groups is 1. The average molecular weight is 560 g/mol. The number of rotatable bonds is 6. The molecule has 5 rings (SSSR count). The molecular formula is C28H22BrN3O5. The van der Waals surface area contributed by atoms with Gasteiger partial charge in [0.15, 0.2) is 0 Å². The number of carboxylic acid groups (broad SMARTS) is 1. The van der Waals surface area contributed by atoms with Crippen molar-refractivity contribution in [3.05, 3.63) is 98.7 Å². The number of phenols is 1. The van der Waals surface area contributed by atoms with E-state index in [0.717, 1.165) is 15.6 Å². The Morgan fingerprint density at radius 2 is 1.78 bits per heavy atom. The lowest BCUT2D eigenvalue weighted by Gasteiger charge is -2.22. The number of halogens is 1. The maximum Gasteiger partial charge on any atom is 0.303 e. The highest BCUT2D eigenvalue weighted by Gasteiger charge is 2.35. The fourth-order valence-corrected chi connectivity index (χ4v) is 5.07. The van der Waals surface area contributed by atoms with Gasteiger partial charge in [0, 0.05) is 33.8 Å². The van der Waals surface area contributed by atoms with Crippen LogP contribution in [0.5, 0.6) is 5.75 Å². The fraction of sp³-hybridized carbons (Fsp3) is 0.143. The molecule has 0 saturated carbocycles. The summed E-state index contributed by atoms with van der Waals surface area (Å²) in [5, 5.41) is 25.9. The number of nitrogens with one attached hydrogen (secondary N) is 1. The number of pyridine rings is 1. The quantitative estimate of drug-likeness (QED) is 0.299. The topological polar surface area (TPSA) is 123 Å². The molecule has 0 radical (unpaired) electrons. The summed E-state index contributed by atoms with van der Waals surface area (Å²) in [7, 11) is 0. The van der Waals surface area contributed by atoms with Gasteiger partial charge < -0.3 is 15.2 Å². The third-order valence-electron chi connectivity index (χ3n) is 6.30. The number of phenolic OH excluding ortho intramolecular Hbond substituents is 1. The van der Waals surface area contributed by atoms with Crippen LogP contribution < -0.4 is 5.56 Å². The van der Waals surface area contributed by atoms with Crippen LogP contribution in [0.2, 0.25) is 0 Å². The first-order valence-corrected chi connectivity index (χ1v) is 12.4. The Hall–Kier alpha value is -4.24. The highest BCUT2D eigenvalue weighted by Crippen LogP contribution is 2.38. The number of aromatic hydroxyl groups is 1. The summed E-state index contributed by atoms with van der Waals surface area (Å²) in [5.74, 6) is -1.47. The van der Waals surface area contributed by atoms with E-state index in [-0.39, 0.29) is 30.6 Å². The summed E-state index contributed by atoms with van der Waals surface area (Å²) in [6, 6.07) is 21.0. The van der Waals surface area contributed by atoms with Crippen LogP contribution in [0.4, 0.5) is 0 Å². The second-order valence-electron chi connectivity index (χ2n) is 8.75. The summed E-state index contributed by atoms with van der Waals surface area (Å²) >= 11 is 3.47. The molecule has 0 fully saturated rings. The molecule has 2 heterocycles. The van der Waals surface area contributed by atoms with Gasteiger partial charge in [0.25, 0.3) is 5.56 Å². The normalized spacial score (nSPS) is 15.1. The lowest BCUT2D eigenvalue weighted by Crippen LogP contribution is -2.27. The zero-order valence-electron chi connectivity index (χ0n) is 19.5. The van der Waals surface area contributed by atoms with Crippen LogP contribution in [0.3, 0.4) is 0 Å². The number of hydrogen-bond donors (Lipinski definition) is 3. The summed E-state index contributed by atoms with van der Waals surface area (Å²) in [6.07, 6.45) is -0.289. The van der Waals surface area contributed by atoms with E-state index in [1.54, 1.807) is 12.1 Å². The number of fused-ring (bicyclic) bond motifs is 1. The van der Waals surface area contributed by atoms with Crippen molar-refractivity contribution in [2.45, 2.75) is 25.3 Å². The molecule has 1 aromatic heterocycles. The van der Waals surface area contributed by atoms with Crippen LogP contribution in [0.15, 0.2) is 87.2 Å². The minimum atomic E-state index is -1.08. The highest BCUT2D eigenvalue weighted by atomic mass is 79.9. The van der Waals surface area contributed by atoms with Crippen molar-refractivity contribution in [2.75, 3.05) is 0 Å². The van der Waals surface area contributed by atoms with Gasteiger partial charge in [0.05, 0.1) is 23.7 Å². The van der Waals surface area contributed by atoms with Crippen LogP contribution >= 0.6 is 15.9 Å². The largest absolute Gasteiger partial charge is 0.508 e. The number of aromatic amines is 1. The van der Waals surface area contributed by atoms with Gasteiger partial charge in [-0.1, -0.05) is 58.4 Å². The molecule has 0 bridgehead atoms. The van der Waals surface area contributed by atoms with Crippen molar-refractivity contribution in [2.24, 2.45) is 5.10 Å². The Bertz CT molecular complexity index is 1610. The summed E-state index contributed by atoms with van der Waals surface area (Å²) in [6.45, 7) is 0. The molecule has 186 valence electrons. The zero-order chi connectivity index (χ0) is 26.1. The zero-order valence-corrected chi connectivity index (χ0v) is 21.1. The van der Waals surface area contributed by atoms with Crippen molar-refractivity contribution < 1.29 is 19.8 Å². The third-order valence-corrected chi connectivity index (χ3v) is 6.79. The molecule has 0 spiro atoms. The molecule has 0 saturated heterocycles. The number of carboxylic acids is 1. The number of nitrogens with zero attached hydrogens (tertiary/aromatic N) is 2. The molecule has 0 unspecified atom stereocenters. The summed E-state index contributed by atoms with van der Waals surface area (Å²) in [4.78, 5) is 40.6. The number of carbonyl (C=O) groups is 2. The maximum absolute atomic E-state index is 13.5. The highest BCUT2D eigenvalue weighted by molar-refractivity contribution is 9.10. The van der Waals surface area contributed by atoms with Gasteiger partial charge in [-0.05, 0) is 41.5 Å². The molecule has 4 aromatic rings. The molecule has 37 heavy (non-hydrogen) atoms. The Morgan fingerprint density at radius 3 is 2.51 bits per heavy atom. The van der Waals surface area contributed by atoms with E-state index in [1.807, 2.05) is 54.6 Å². The number of aromatic nitrogens is 1. The second kappa shape index (κ2) is 10.0. The van der Waals surface area contributed by atoms with Gasteiger partial charge in [-0.3, -0.25) is 14.4 Å². The molecule has 3 N–H and O–H groups in total. The standard InChI is InChI=1S/C28H22BrN3O5/c29-18-8-4-7-17(13-18)23-15-22(31-32(23)24(34)11-12-25(35)36)27-26(16-5-2-1-3-6-16)20-14-19(33)9-10-21(20)30-28(27)37/h1-10,13-14,23,33H,11-12,15H2,(H,30,37)(H,35,36)/t23-/m0/s1. The van der Waals surface area contributed by atoms with Crippen molar-refractivity contribution in [3.8, 4) is 16.9 Å². The van der Waals surface area contributed by atoms with Gasteiger partial charge in [-0.15, -0.1) is 0 Å². The molecular weight excluding hydrogens is 538 g/mol. The van der Waals surface area contributed by atoms with E-state index in [9.17, 15) is 19.5 Å². The van der Waals surface area contributed by atoms with Gasteiger partial charge in [0.2, 0.25) is 5.91 Å². The number of hydrogen-bond acceptors (Lipinski definition) is 5. The average Bonchev–Trinajstić information content (AvgIpc) is 3.32. The first kappa shape index (κ1) is 24.5. The van der Waals surface area contributed by atoms with Gasteiger partial charge in [-0.25, -0.2) is 5.01 Å². The monoisotopic (exact) mass is 559 g/mol. The summed E-state index contributed by atoms with van der Waals surface area (Å²) < 4.78 is 0.820. The Morgan fingerprint density at radius 1 is 1.00 bits per heavy atom. The first-order chi connectivity index (χ1) is 17.8. The van der Waals surface area contributed by atoms with E-state index in [4.69, 9.17) is 5.11 Å². The van der Waals surface area contributed by atoms with E-state index >= 15 is 0 Å². The van der Waals surface area contributed by atoms with E-state index in [2.05, 4.69) is 26.0 Å². The fourth-order valence-electron chi connectivity index (χ4n) is 4.65. The van der Waals surface area contributed by atoms with Crippen molar-refractivity contribution in [3.63, 3.8) is 0 Å². The molecule has 8 nitrogen and oxygen atoms in total. The SMILES string of the molecule is O=C(O)CCC(=O)N1N=C(c2c(-c3ccccc3)c3cc(O)ccc3[nH]c2=O)C[C@H]1c1cccc(Br)c1. The van der Waals surface area contributed by atoms with Gasteiger partial charge in [-0.2, -0.15) is 5.10 Å². The molecule has 1 amide bonds. The predicted molar refractivity (Wildman–Crippen MR) is 143 cm³/mol. The van der Waals surface area contributed by atoms with Crippen LogP contribution in [0.1, 0.15) is 36.4 Å². The molecule has 1 aliphatic rings. The molecule has 9 heteroatoms. The van der Waals surface area contributed by atoms with Crippen molar-refractivity contribution in [1.29, 1.82) is 0 Å². The number of benzene rings is 3. The molecule has 3 aromatic carbocycles. The van der Waals surface area contributed by atoms with E-state index in [0.29, 0.717) is 27.7 Å². The Labute approximate surface area is 220 Å². The molecule has 1 aliphatic heterocycles. The lowest BCUT2D eigenvalue weighted by molar-refractivity contribution is -0.141. The molecule has 0 aliphatic carbocycles. The number of amides is 1. The Kier molecular flexibility index (Phi) is 6.62. The van der Waals surface area contributed by atoms with Crippen LogP contribution in [0.25, 0.3) is 22.0 Å². The smallest absolute Gasteiger partial charge is 0.303 e. The van der Waals surface area contributed by atoms with Gasteiger partial charge >= 0.3 is 5.97 Å². The number of aliphatic carboxylic acids is 1. The maximum atomic E-state index is 13.5. The van der Waals surface area contributed by atoms with Gasteiger partial charge in [0.1, 0.15) is 5.75 Å². The van der Waals surface area contributed by atoms with Crippen molar-refractivity contribution in [1.82, 2.24) is 9.99 Å². The van der Waals surface area contributed by atoms with E-state index in [1.165, 1.54) is 11.1 Å². The van der Waals surface area contributed by atoms with Crippen LogP contribution in [-0.4, -0.2) is 37.8 Å². The second-order valence-corrected chi connectivity index (χ2v) is 9.67.